The first-order valence-electron chi connectivity index (χ1n) is 19.4. The standard InChI is InChI=1S/C51H29N5O2/c1-2-12-32(13-3-1)55-39-18-8-4-16-37(39)47-41(55)26-27-42-48(47)38-17-5-9-19-40(38)56(42)51-53-49(30-22-24-35-33-14-6-10-20-43(33)57-45(35)28-30)52-50(54-51)31-23-25-36-34-15-7-11-21-44(34)58-46(36)29-31/h1-29H. The average Bonchev–Trinajstić information content (AvgIpc) is 4.03. The number of fused-ring (bicyclic) bond motifs is 13. The number of nitrogens with zero attached hydrogens (tertiary/aromatic N) is 5. The zero-order chi connectivity index (χ0) is 37.9. The Kier molecular flexibility index (Phi) is 6.32. The molecule has 0 saturated carbocycles. The fraction of sp³-hybridized carbons (Fsp3) is 0. The normalized spacial score (nSPS) is 12.1. The molecule has 0 amide bonds. The van der Waals surface area contributed by atoms with Crippen LogP contribution in [0.4, 0.5) is 0 Å². The van der Waals surface area contributed by atoms with Gasteiger partial charge < -0.3 is 13.4 Å². The summed E-state index contributed by atoms with van der Waals surface area (Å²) in [6.45, 7) is 0. The molecule has 0 bridgehead atoms. The van der Waals surface area contributed by atoms with Gasteiger partial charge in [0, 0.05) is 59.9 Å². The van der Waals surface area contributed by atoms with E-state index in [1.165, 1.54) is 10.8 Å². The monoisotopic (exact) mass is 743 g/mol. The van der Waals surface area contributed by atoms with Crippen LogP contribution in [0.5, 0.6) is 0 Å². The topological polar surface area (TPSA) is 74.8 Å². The van der Waals surface area contributed by atoms with Crippen molar-refractivity contribution < 1.29 is 8.83 Å². The van der Waals surface area contributed by atoms with E-state index in [1.54, 1.807) is 0 Å². The zero-order valence-corrected chi connectivity index (χ0v) is 30.8. The average molecular weight is 744 g/mol. The quantitative estimate of drug-likeness (QED) is 0.179. The number of benzene rings is 8. The maximum absolute atomic E-state index is 6.34. The van der Waals surface area contributed by atoms with Crippen LogP contribution in [0.1, 0.15) is 0 Å². The minimum atomic E-state index is 0.520. The first kappa shape index (κ1) is 31.2. The van der Waals surface area contributed by atoms with Gasteiger partial charge in [0.25, 0.3) is 0 Å². The van der Waals surface area contributed by atoms with E-state index in [4.69, 9.17) is 23.8 Å². The van der Waals surface area contributed by atoms with E-state index >= 15 is 0 Å². The minimum absolute atomic E-state index is 0.520. The predicted octanol–water partition coefficient (Wildman–Crippen LogP) is 13.2. The minimum Gasteiger partial charge on any atom is -0.456 e. The SMILES string of the molecule is c1ccc(-n2c3ccccc3c3c4c5ccccc5n(-c5nc(-c6ccc7c(c6)oc6ccccc67)nc(-c6ccc7c(c6)oc6ccccc67)n5)c4ccc32)cc1. The van der Waals surface area contributed by atoms with Crippen molar-refractivity contribution in [2.75, 3.05) is 0 Å². The Hall–Kier alpha value is -8.03. The second kappa shape index (κ2) is 11.7. The summed E-state index contributed by atoms with van der Waals surface area (Å²) in [5.74, 6) is 1.60. The summed E-state index contributed by atoms with van der Waals surface area (Å²) in [4.78, 5) is 15.8. The van der Waals surface area contributed by atoms with Gasteiger partial charge in [0.2, 0.25) is 5.95 Å². The van der Waals surface area contributed by atoms with Gasteiger partial charge in [0.1, 0.15) is 22.3 Å². The van der Waals surface area contributed by atoms with Crippen LogP contribution >= 0.6 is 0 Å². The second-order valence-corrected chi connectivity index (χ2v) is 14.8. The molecular weight excluding hydrogens is 715 g/mol. The molecule has 0 unspecified atom stereocenters. The molecule has 0 radical (unpaired) electrons. The third-order valence-electron chi connectivity index (χ3n) is 11.6. The fourth-order valence-corrected chi connectivity index (χ4v) is 9.04. The van der Waals surface area contributed by atoms with Gasteiger partial charge in [-0.25, -0.2) is 4.98 Å². The number of furan rings is 2. The lowest BCUT2D eigenvalue weighted by molar-refractivity contribution is 0.668. The van der Waals surface area contributed by atoms with Gasteiger partial charge in [-0.3, -0.25) is 4.57 Å². The molecule has 0 aliphatic rings. The lowest BCUT2D eigenvalue weighted by Gasteiger charge is -2.11. The molecule has 13 rings (SSSR count). The highest BCUT2D eigenvalue weighted by molar-refractivity contribution is 6.28. The van der Waals surface area contributed by atoms with Crippen molar-refractivity contribution in [2.45, 2.75) is 0 Å². The number of aromatic nitrogens is 5. The van der Waals surface area contributed by atoms with Crippen molar-refractivity contribution in [1.82, 2.24) is 24.1 Å². The third-order valence-corrected chi connectivity index (χ3v) is 11.6. The van der Waals surface area contributed by atoms with Gasteiger partial charge in [-0.05, 0) is 72.8 Å². The maximum Gasteiger partial charge on any atom is 0.238 e. The van der Waals surface area contributed by atoms with E-state index in [9.17, 15) is 0 Å². The van der Waals surface area contributed by atoms with E-state index in [-0.39, 0.29) is 0 Å². The van der Waals surface area contributed by atoms with Crippen LogP contribution in [0.3, 0.4) is 0 Å². The van der Waals surface area contributed by atoms with Gasteiger partial charge in [-0.15, -0.1) is 0 Å². The first-order chi connectivity index (χ1) is 28.7. The Morgan fingerprint density at radius 2 is 0.776 bits per heavy atom. The van der Waals surface area contributed by atoms with E-state index in [0.717, 1.165) is 93.5 Å². The Bertz CT molecular complexity index is 3680. The molecule has 13 aromatic rings. The van der Waals surface area contributed by atoms with Gasteiger partial charge in [0.15, 0.2) is 11.6 Å². The highest BCUT2D eigenvalue weighted by Gasteiger charge is 2.23. The Morgan fingerprint density at radius 1 is 0.328 bits per heavy atom. The molecule has 7 nitrogen and oxygen atoms in total. The highest BCUT2D eigenvalue weighted by atomic mass is 16.3. The summed E-state index contributed by atoms with van der Waals surface area (Å²) in [6.07, 6.45) is 0. The summed E-state index contributed by atoms with van der Waals surface area (Å²) in [5, 5.41) is 8.88. The molecule has 5 aromatic heterocycles. The smallest absolute Gasteiger partial charge is 0.238 e. The van der Waals surface area contributed by atoms with E-state index in [1.807, 2.05) is 48.5 Å². The summed E-state index contributed by atoms with van der Waals surface area (Å²) < 4.78 is 17.2. The lowest BCUT2D eigenvalue weighted by Crippen LogP contribution is -2.06. The molecule has 0 fully saturated rings. The first-order valence-corrected chi connectivity index (χ1v) is 19.4. The van der Waals surface area contributed by atoms with Crippen molar-refractivity contribution >= 4 is 87.5 Å². The Morgan fingerprint density at radius 3 is 1.34 bits per heavy atom. The van der Waals surface area contributed by atoms with E-state index in [0.29, 0.717) is 17.6 Å². The molecule has 270 valence electrons. The Balaban J connectivity index is 1.10. The van der Waals surface area contributed by atoms with Crippen molar-refractivity contribution in [2.24, 2.45) is 0 Å². The number of hydrogen-bond donors (Lipinski definition) is 0. The fourth-order valence-electron chi connectivity index (χ4n) is 9.04. The molecular formula is C51H29N5O2. The number of rotatable bonds is 4. The lowest BCUT2D eigenvalue weighted by atomic mass is 10.1. The Labute approximate surface area is 329 Å². The summed E-state index contributed by atoms with van der Waals surface area (Å²) in [7, 11) is 0. The second-order valence-electron chi connectivity index (χ2n) is 14.8. The summed E-state index contributed by atoms with van der Waals surface area (Å²) in [6, 6.07) is 60.9. The van der Waals surface area contributed by atoms with Gasteiger partial charge in [-0.2, -0.15) is 9.97 Å². The van der Waals surface area contributed by atoms with E-state index < -0.39 is 0 Å². The molecule has 7 heteroatoms. The number of hydrogen-bond acceptors (Lipinski definition) is 5. The summed E-state index contributed by atoms with van der Waals surface area (Å²) in [5.41, 5.74) is 10.3. The summed E-state index contributed by atoms with van der Waals surface area (Å²) >= 11 is 0. The van der Waals surface area contributed by atoms with Crippen molar-refractivity contribution in [1.29, 1.82) is 0 Å². The molecule has 0 spiro atoms. The highest BCUT2D eigenvalue weighted by Crippen LogP contribution is 2.42. The van der Waals surface area contributed by atoms with Crippen molar-refractivity contribution in [3.63, 3.8) is 0 Å². The van der Waals surface area contributed by atoms with Crippen molar-refractivity contribution in [3.05, 3.63) is 176 Å². The van der Waals surface area contributed by atoms with Crippen LogP contribution in [0.2, 0.25) is 0 Å². The third kappa shape index (κ3) is 4.41. The van der Waals surface area contributed by atoms with Crippen LogP contribution in [0, 0.1) is 0 Å². The van der Waals surface area contributed by atoms with Gasteiger partial charge >= 0.3 is 0 Å². The molecule has 0 aliphatic carbocycles. The van der Waals surface area contributed by atoms with Crippen LogP contribution in [0.25, 0.3) is 122 Å². The molecule has 58 heavy (non-hydrogen) atoms. The molecule has 0 N–H and O–H groups in total. The van der Waals surface area contributed by atoms with Gasteiger partial charge in [0.05, 0.1) is 22.1 Å². The number of para-hydroxylation sites is 5. The van der Waals surface area contributed by atoms with Crippen molar-refractivity contribution in [3.8, 4) is 34.4 Å². The zero-order valence-electron chi connectivity index (χ0n) is 30.8. The largest absolute Gasteiger partial charge is 0.456 e. The van der Waals surface area contributed by atoms with Crippen LogP contribution in [0.15, 0.2) is 185 Å². The molecule has 0 aliphatic heterocycles. The van der Waals surface area contributed by atoms with Gasteiger partial charge in [-0.1, -0.05) is 103 Å². The predicted molar refractivity (Wildman–Crippen MR) is 234 cm³/mol. The van der Waals surface area contributed by atoms with E-state index in [2.05, 4.69) is 137 Å². The molecule has 5 heterocycles. The molecule has 0 atom stereocenters. The van der Waals surface area contributed by atoms with Crippen LogP contribution in [-0.2, 0) is 0 Å². The maximum atomic E-state index is 6.34. The molecule has 8 aromatic carbocycles. The van der Waals surface area contributed by atoms with Crippen LogP contribution < -0.4 is 0 Å². The molecule has 0 saturated heterocycles. The van der Waals surface area contributed by atoms with Crippen LogP contribution in [-0.4, -0.2) is 24.1 Å².